The fraction of sp³-hybridized carbons (Fsp3) is 0.484. The highest BCUT2D eigenvalue weighted by Gasteiger charge is 2.38. The number of rotatable bonds is 12. The number of carbonyl (C=O) groups excluding carboxylic acids is 1. The summed E-state index contributed by atoms with van der Waals surface area (Å²) in [5.74, 6) is -0.758. The van der Waals surface area contributed by atoms with E-state index in [0.717, 1.165) is 5.69 Å². The van der Waals surface area contributed by atoms with E-state index < -0.39 is 25.2 Å². The largest absolute Gasteiger partial charge is 0.495 e. The summed E-state index contributed by atoms with van der Waals surface area (Å²) >= 11 is 0. The van der Waals surface area contributed by atoms with E-state index in [0.29, 0.717) is 54.4 Å². The number of benzene rings is 1. The Balaban J connectivity index is 1.46. The highest BCUT2D eigenvalue weighted by atomic mass is 31.2. The standard InChI is InChI=1S/C31H38F3N6O6P/c1-5-45-47(43,46-6-2)17-18-7-12-23(25(13-18)44-4)38-30-36-14-22(31(32,33)34)28(39-30)37-24-15-35-27(19-8-10-20(41)11-9-19)21-16-40(3)29(42)26(21)24/h7,12-15,19-20,41H,5-6,8-11,16-17H2,1-4H3,(H2,36,37,38,39)/t19-,20-. The molecule has 12 nitrogen and oxygen atoms in total. The van der Waals surface area contributed by atoms with Gasteiger partial charge in [-0.2, -0.15) is 18.2 Å². The molecular weight excluding hydrogens is 640 g/mol. The average Bonchev–Trinajstić information content (AvgIpc) is 3.32. The van der Waals surface area contributed by atoms with E-state index in [1.807, 2.05) is 0 Å². The molecule has 1 aliphatic carbocycles. The lowest BCUT2D eigenvalue weighted by molar-refractivity contribution is -0.137. The van der Waals surface area contributed by atoms with E-state index in [4.69, 9.17) is 13.8 Å². The molecule has 47 heavy (non-hydrogen) atoms. The number of amides is 1. The molecule has 2 aliphatic rings. The van der Waals surface area contributed by atoms with Gasteiger partial charge < -0.3 is 34.4 Å². The van der Waals surface area contributed by atoms with Gasteiger partial charge in [0.1, 0.15) is 17.1 Å². The Kier molecular flexibility index (Phi) is 10.4. The molecule has 16 heteroatoms. The first-order chi connectivity index (χ1) is 22.4. The zero-order valence-corrected chi connectivity index (χ0v) is 27.5. The molecule has 1 fully saturated rings. The average molecular weight is 679 g/mol. The van der Waals surface area contributed by atoms with Crippen molar-refractivity contribution in [3.63, 3.8) is 0 Å². The summed E-state index contributed by atoms with van der Waals surface area (Å²) in [4.78, 5) is 27.4. The zero-order chi connectivity index (χ0) is 33.9. The number of ether oxygens (including phenoxy) is 1. The third-order valence-electron chi connectivity index (χ3n) is 8.14. The van der Waals surface area contributed by atoms with Crippen LogP contribution in [0.3, 0.4) is 0 Å². The molecule has 0 bridgehead atoms. The summed E-state index contributed by atoms with van der Waals surface area (Å²) in [5.41, 5.74) is 1.53. The number of carbonyl (C=O) groups is 1. The highest BCUT2D eigenvalue weighted by molar-refractivity contribution is 7.53. The number of aliphatic hydroxyl groups excluding tert-OH is 1. The third kappa shape index (κ3) is 7.69. The maximum Gasteiger partial charge on any atom is 0.421 e. The SMILES string of the molecule is CCOP(=O)(Cc1ccc(Nc2ncc(C(F)(F)F)c(Nc3cnc([C@H]4CC[C@H](O)CC4)c4c3C(=O)N(C)C4)n2)c(OC)c1)OCC. The predicted octanol–water partition coefficient (Wildman–Crippen LogP) is 6.76. The Bertz CT molecular complexity index is 1660. The van der Waals surface area contributed by atoms with Gasteiger partial charge in [-0.1, -0.05) is 6.07 Å². The van der Waals surface area contributed by atoms with Gasteiger partial charge in [0.15, 0.2) is 0 Å². The lowest BCUT2D eigenvalue weighted by atomic mass is 9.83. The molecule has 0 radical (unpaired) electrons. The number of hydrogen-bond acceptors (Lipinski definition) is 11. The van der Waals surface area contributed by atoms with E-state index in [2.05, 4.69) is 25.6 Å². The van der Waals surface area contributed by atoms with Gasteiger partial charge >= 0.3 is 13.8 Å². The van der Waals surface area contributed by atoms with E-state index in [-0.39, 0.29) is 61.0 Å². The minimum Gasteiger partial charge on any atom is -0.495 e. The summed E-state index contributed by atoms with van der Waals surface area (Å²) in [6.45, 7) is 4.11. The van der Waals surface area contributed by atoms with Crippen LogP contribution in [0.4, 0.5) is 36.3 Å². The number of fused-ring (bicyclic) bond motifs is 1. The minimum absolute atomic E-state index is 0.01000. The number of pyridine rings is 1. The maximum absolute atomic E-state index is 14.2. The van der Waals surface area contributed by atoms with E-state index in [9.17, 15) is 27.6 Å². The molecule has 0 spiro atoms. The second-order valence-electron chi connectivity index (χ2n) is 11.4. The Hall–Kier alpha value is -3.78. The molecule has 0 atom stereocenters. The van der Waals surface area contributed by atoms with Gasteiger partial charge in [0.2, 0.25) is 5.95 Å². The fourth-order valence-corrected chi connectivity index (χ4v) is 7.63. The number of halogens is 3. The number of nitrogens with zero attached hydrogens (tertiary/aromatic N) is 4. The molecule has 1 amide bonds. The van der Waals surface area contributed by atoms with E-state index >= 15 is 0 Å². The van der Waals surface area contributed by atoms with Crippen LogP contribution in [-0.4, -0.2) is 64.3 Å². The predicted molar refractivity (Wildman–Crippen MR) is 168 cm³/mol. The Morgan fingerprint density at radius 3 is 2.38 bits per heavy atom. The molecule has 254 valence electrons. The third-order valence-corrected chi connectivity index (χ3v) is 10.2. The van der Waals surface area contributed by atoms with Crippen molar-refractivity contribution in [2.45, 2.75) is 70.4 Å². The molecule has 3 aromatic rings. The van der Waals surface area contributed by atoms with Crippen LogP contribution >= 0.6 is 7.60 Å². The molecular formula is C31H38F3N6O6P. The fourth-order valence-electron chi connectivity index (χ4n) is 5.94. The zero-order valence-electron chi connectivity index (χ0n) is 26.6. The van der Waals surface area contributed by atoms with E-state index in [1.165, 1.54) is 18.2 Å². The molecule has 0 saturated heterocycles. The van der Waals surface area contributed by atoms with Gasteiger partial charge in [-0.25, -0.2) is 4.98 Å². The number of nitrogens with one attached hydrogen (secondary N) is 2. The van der Waals surface area contributed by atoms with Gasteiger partial charge in [-0.15, -0.1) is 0 Å². The number of hydrogen-bond donors (Lipinski definition) is 3. The second kappa shape index (κ2) is 14.1. The van der Waals surface area contributed by atoms with Gasteiger partial charge in [0.05, 0.1) is 55.7 Å². The lowest BCUT2D eigenvalue weighted by Crippen LogP contribution is -2.19. The molecule has 3 heterocycles. The van der Waals surface area contributed by atoms with Gasteiger partial charge in [0.25, 0.3) is 5.91 Å². The number of anilines is 4. The van der Waals surface area contributed by atoms with Gasteiger partial charge in [-0.05, 0) is 57.2 Å². The van der Waals surface area contributed by atoms with Crippen molar-refractivity contribution < 1.29 is 41.4 Å². The topological polar surface area (TPSA) is 148 Å². The number of alkyl halides is 3. The first-order valence-corrected chi connectivity index (χ1v) is 17.1. The summed E-state index contributed by atoms with van der Waals surface area (Å²) in [7, 11) is -0.363. The van der Waals surface area contributed by atoms with Crippen LogP contribution in [0.15, 0.2) is 30.6 Å². The normalized spacial score (nSPS) is 18.3. The monoisotopic (exact) mass is 678 g/mol. The maximum atomic E-state index is 14.2. The summed E-state index contributed by atoms with van der Waals surface area (Å²) in [5, 5.41) is 15.6. The molecule has 1 aromatic carbocycles. The van der Waals surface area contributed by atoms with Crippen molar-refractivity contribution in [1.29, 1.82) is 0 Å². The smallest absolute Gasteiger partial charge is 0.421 e. The van der Waals surface area contributed by atoms with Crippen molar-refractivity contribution in [3.05, 3.63) is 58.5 Å². The molecule has 2 aromatic heterocycles. The van der Waals surface area contributed by atoms with Crippen LogP contribution in [0.25, 0.3) is 0 Å². The number of aliphatic hydroxyl groups is 1. The first kappa shape index (κ1) is 34.6. The second-order valence-corrected chi connectivity index (χ2v) is 13.5. The van der Waals surface area contributed by atoms with Crippen molar-refractivity contribution in [1.82, 2.24) is 19.9 Å². The Labute approximate surface area is 270 Å². The molecule has 0 unspecified atom stereocenters. The highest BCUT2D eigenvalue weighted by Crippen LogP contribution is 2.52. The summed E-state index contributed by atoms with van der Waals surface area (Å²) < 4.78 is 71.7. The molecule has 1 saturated carbocycles. The van der Waals surface area contributed by atoms with Crippen LogP contribution in [0, 0.1) is 0 Å². The van der Waals surface area contributed by atoms with Gasteiger partial charge in [-0.3, -0.25) is 14.3 Å². The number of aromatic nitrogens is 3. The summed E-state index contributed by atoms with van der Waals surface area (Å²) in [6.07, 6.45) is -0.529. The van der Waals surface area contributed by atoms with Gasteiger partial charge in [0, 0.05) is 37.0 Å². The van der Waals surface area contributed by atoms with Crippen molar-refractivity contribution in [3.8, 4) is 5.75 Å². The van der Waals surface area contributed by atoms with Crippen LogP contribution < -0.4 is 15.4 Å². The Morgan fingerprint density at radius 2 is 1.74 bits per heavy atom. The van der Waals surface area contributed by atoms with Crippen molar-refractivity contribution in [2.75, 3.05) is 38.0 Å². The van der Waals surface area contributed by atoms with Crippen molar-refractivity contribution in [2.24, 2.45) is 0 Å². The summed E-state index contributed by atoms with van der Waals surface area (Å²) in [6, 6.07) is 4.87. The quantitative estimate of drug-likeness (QED) is 0.175. The van der Waals surface area contributed by atoms with Crippen LogP contribution in [0.2, 0.25) is 0 Å². The molecule has 1 aliphatic heterocycles. The van der Waals surface area contributed by atoms with Crippen LogP contribution in [-0.2, 0) is 32.5 Å². The van der Waals surface area contributed by atoms with Crippen molar-refractivity contribution >= 4 is 36.6 Å². The first-order valence-electron chi connectivity index (χ1n) is 15.3. The van der Waals surface area contributed by atoms with E-state index in [1.54, 1.807) is 39.1 Å². The number of methoxy groups -OCH3 is 1. The molecule has 3 N–H and O–H groups in total. The minimum atomic E-state index is -4.81. The van der Waals surface area contributed by atoms with Crippen LogP contribution in [0.1, 0.15) is 78.2 Å². The Morgan fingerprint density at radius 1 is 1.04 bits per heavy atom. The lowest BCUT2D eigenvalue weighted by Gasteiger charge is -2.26. The van der Waals surface area contributed by atoms with Crippen LogP contribution in [0.5, 0.6) is 5.75 Å². The molecule has 5 rings (SSSR count).